The third kappa shape index (κ3) is 3.34. The van der Waals surface area contributed by atoms with Gasteiger partial charge in [0.1, 0.15) is 5.56 Å². The maximum Gasteiger partial charge on any atom is 0.344 e. The molecule has 1 aromatic carbocycles. The van der Waals surface area contributed by atoms with Crippen LogP contribution in [0.25, 0.3) is 0 Å². The van der Waals surface area contributed by atoms with Crippen LogP contribution >= 0.6 is 0 Å². The summed E-state index contributed by atoms with van der Waals surface area (Å²) in [6.45, 7) is 1.22. The monoisotopic (exact) mass is 336 g/mol. The molecular formula is C16H20N2O6. The molecule has 0 radical (unpaired) electrons. The average molecular weight is 336 g/mol. The highest BCUT2D eigenvalue weighted by molar-refractivity contribution is 5.95. The van der Waals surface area contributed by atoms with Crippen molar-refractivity contribution in [2.45, 2.75) is 37.5 Å². The van der Waals surface area contributed by atoms with E-state index in [1.54, 1.807) is 6.07 Å². The zero-order chi connectivity index (χ0) is 17.2. The first-order valence-electron chi connectivity index (χ1n) is 7.94. The summed E-state index contributed by atoms with van der Waals surface area (Å²) in [5, 5.41) is 14.4. The van der Waals surface area contributed by atoms with Crippen molar-refractivity contribution >= 4 is 17.3 Å². The third-order valence-corrected chi connectivity index (χ3v) is 4.45. The number of hydrogen-bond donors (Lipinski definition) is 1. The second-order valence-electron chi connectivity index (χ2n) is 6.03. The van der Waals surface area contributed by atoms with Crippen molar-refractivity contribution in [2.75, 3.05) is 25.6 Å². The SMILES string of the molecule is COC(=O)c1cc(NC2CCCC3(C2)OCCO3)ccc1[N+](=O)[O-]. The number of ether oxygens (including phenoxy) is 3. The largest absolute Gasteiger partial charge is 0.465 e. The summed E-state index contributed by atoms with van der Waals surface area (Å²) in [5.41, 5.74) is 0.308. The van der Waals surface area contributed by atoms with Crippen LogP contribution in [0, 0.1) is 10.1 Å². The Morgan fingerprint density at radius 2 is 2.17 bits per heavy atom. The fourth-order valence-electron chi connectivity index (χ4n) is 3.37. The van der Waals surface area contributed by atoms with Crippen molar-refractivity contribution in [1.29, 1.82) is 0 Å². The predicted octanol–water partition coefficient (Wildman–Crippen LogP) is 2.48. The second-order valence-corrected chi connectivity index (χ2v) is 6.03. The summed E-state index contributed by atoms with van der Waals surface area (Å²) in [5.74, 6) is -1.24. The first kappa shape index (κ1) is 16.7. The maximum atomic E-state index is 11.8. The summed E-state index contributed by atoms with van der Waals surface area (Å²) in [7, 11) is 1.20. The van der Waals surface area contributed by atoms with Gasteiger partial charge in [-0.05, 0) is 25.0 Å². The number of nitrogens with zero attached hydrogens (tertiary/aromatic N) is 1. The van der Waals surface area contributed by atoms with Crippen LogP contribution < -0.4 is 5.32 Å². The molecule has 8 nitrogen and oxygen atoms in total. The molecular weight excluding hydrogens is 316 g/mol. The van der Waals surface area contributed by atoms with Crippen LogP contribution in [-0.4, -0.2) is 43.0 Å². The molecule has 1 spiro atoms. The Labute approximate surface area is 139 Å². The van der Waals surface area contributed by atoms with E-state index in [0.29, 0.717) is 25.3 Å². The van der Waals surface area contributed by atoms with Crippen LogP contribution in [0.4, 0.5) is 11.4 Å². The van der Waals surface area contributed by atoms with Gasteiger partial charge in [0.15, 0.2) is 5.79 Å². The number of rotatable bonds is 4. The quantitative estimate of drug-likeness (QED) is 0.512. The van der Waals surface area contributed by atoms with Crippen LogP contribution in [0.15, 0.2) is 18.2 Å². The van der Waals surface area contributed by atoms with Crippen LogP contribution in [-0.2, 0) is 14.2 Å². The topological polar surface area (TPSA) is 99.9 Å². The molecule has 3 rings (SSSR count). The molecule has 1 heterocycles. The van der Waals surface area contributed by atoms with E-state index in [1.807, 2.05) is 0 Å². The lowest BCUT2D eigenvalue weighted by Crippen LogP contribution is -2.41. The Morgan fingerprint density at radius 1 is 1.42 bits per heavy atom. The fourth-order valence-corrected chi connectivity index (χ4v) is 3.37. The minimum atomic E-state index is -0.729. The van der Waals surface area contributed by atoms with Gasteiger partial charge in [0, 0.05) is 30.6 Å². The standard InChI is InChI=1S/C16H20N2O6/c1-22-15(19)13-9-11(4-5-14(13)18(20)21)17-12-3-2-6-16(10-12)23-7-8-24-16/h4-5,9,12,17H,2-3,6-8,10H2,1H3. The molecule has 8 heteroatoms. The molecule has 24 heavy (non-hydrogen) atoms. The van der Waals surface area contributed by atoms with Crippen molar-refractivity contribution in [3.63, 3.8) is 0 Å². The first-order valence-corrected chi connectivity index (χ1v) is 7.94. The zero-order valence-electron chi connectivity index (χ0n) is 13.4. The molecule has 1 atom stereocenters. The first-order chi connectivity index (χ1) is 11.5. The van der Waals surface area contributed by atoms with Crippen LogP contribution in [0.3, 0.4) is 0 Å². The highest BCUT2D eigenvalue weighted by Crippen LogP contribution is 2.37. The molecule has 1 aliphatic carbocycles. The van der Waals surface area contributed by atoms with Crippen molar-refractivity contribution in [2.24, 2.45) is 0 Å². The third-order valence-electron chi connectivity index (χ3n) is 4.45. The molecule has 130 valence electrons. The Balaban J connectivity index is 1.77. The lowest BCUT2D eigenvalue weighted by atomic mass is 9.89. The van der Waals surface area contributed by atoms with E-state index in [0.717, 1.165) is 19.3 Å². The van der Waals surface area contributed by atoms with Gasteiger partial charge in [0.2, 0.25) is 0 Å². The molecule has 1 saturated carbocycles. The van der Waals surface area contributed by atoms with Gasteiger partial charge < -0.3 is 19.5 Å². The zero-order valence-corrected chi connectivity index (χ0v) is 13.4. The highest BCUT2D eigenvalue weighted by atomic mass is 16.7. The summed E-state index contributed by atoms with van der Waals surface area (Å²) < 4.78 is 16.1. The number of hydrogen-bond acceptors (Lipinski definition) is 7. The van der Waals surface area contributed by atoms with Crippen molar-refractivity contribution in [3.8, 4) is 0 Å². The van der Waals surface area contributed by atoms with Crippen molar-refractivity contribution in [1.82, 2.24) is 0 Å². The fraction of sp³-hybridized carbons (Fsp3) is 0.562. The molecule has 0 amide bonds. The van der Waals surface area contributed by atoms with Gasteiger partial charge in [0.05, 0.1) is 25.2 Å². The van der Waals surface area contributed by atoms with E-state index in [1.165, 1.54) is 19.2 Å². The van der Waals surface area contributed by atoms with Gasteiger partial charge in [0.25, 0.3) is 5.69 Å². The molecule has 1 N–H and O–H groups in total. The van der Waals surface area contributed by atoms with Gasteiger partial charge in [-0.25, -0.2) is 4.79 Å². The van der Waals surface area contributed by atoms with Gasteiger partial charge in [-0.15, -0.1) is 0 Å². The second kappa shape index (κ2) is 6.74. The van der Waals surface area contributed by atoms with Crippen molar-refractivity contribution < 1.29 is 23.9 Å². The Kier molecular flexibility index (Phi) is 4.68. The molecule has 0 aromatic heterocycles. The number of carbonyl (C=O) groups excluding carboxylic acids is 1. The van der Waals surface area contributed by atoms with Crippen LogP contribution in [0.5, 0.6) is 0 Å². The molecule has 2 fully saturated rings. The molecule has 1 saturated heterocycles. The summed E-state index contributed by atoms with van der Waals surface area (Å²) in [4.78, 5) is 22.3. The molecule has 0 bridgehead atoms. The van der Waals surface area contributed by atoms with E-state index >= 15 is 0 Å². The number of anilines is 1. The normalized spacial score (nSPS) is 22.3. The van der Waals surface area contributed by atoms with Gasteiger partial charge in [-0.3, -0.25) is 10.1 Å². The summed E-state index contributed by atoms with van der Waals surface area (Å²) >= 11 is 0. The number of nitrogens with one attached hydrogen (secondary N) is 1. The lowest BCUT2D eigenvalue weighted by molar-refractivity contribution is -0.385. The molecule has 1 aliphatic heterocycles. The Hall–Kier alpha value is -2.19. The van der Waals surface area contributed by atoms with Crippen molar-refractivity contribution in [3.05, 3.63) is 33.9 Å². The number of carbonyl (C=O) groups is 1. The predicted molar refractivity (Wildman–Crippen MR) is 84.9 cm³/mol. The Bertz CT molecular complexity index is 641. The number of methoxy groups -OCH3 is 1. The molecule has 1 unspecified atom stereocenters. The number of benzene rings is 1. The maximum absolute atomic E-state index is 11.8. The summed E-state index contributed by atoms with van der Waals surface area (Å²) in [6, 6.07) is 4.49. The number of nitro groups is 1. The van der Waals surface area contributed by atoms with E-state index in [-0.39, 0.29) is 17.3 Å². The smallest absolute Gasteiger partial charge is 0.344 e. The Morgan fingerprint density at radius 3 is 2.83 bits per heavy atom. The lowest BCUT2D eigenvalue weighted by Gasteiger charge is -2.36. The summed E-state index contributed by atoms with van der Waals surface area (Å²) in [6.07, 6.45) is 3.49. The number of esters is 1. The molecule has 2 aliphatic rings. The van der Waals surface area contributed by atoms with Gasteiger partial charge in [-0.2, -0.15) is 0 Å². The average Bonchev–Trinajstić information content (AvgIpc) is 3.01. The van der Waals surface area contributed by atoms with E-state index in [2.05, 4.69) is 10.1 Å². The highest BCUT2D eigenvalue weighted by Gasteiger charge is 2.41. The molecule has 1 aromatic rings. The van der Waals surface area contributed by atoms with E-state index in [9.17, 15) is 14.9 Å². The van der Waals surface area contributed by atoms with E-state index < -0.39 is 16.7 Å². The minimum Gasteiger partial charge on any atom is -0.465 e. The number of nitro benzene ring substituents is 1. The van der Waals surface area contributed by atoms with Crippen LogP contribution in [0.2, 0.25) is 0 Å². The van der Waals surface area contributed by atoms with Gasteiger partial charge >= 0.3 is 5.97 Å². The van der Waals surface area contributed by atoms with Crippen LogP contribution in [0.1, 0.15) is 36.0 Å². The van der Waals surface area contributed by atoms with Gasteiger partial charge in [-0.1, -0.05) is 0 Å². The van der Waals surface area contributed by atoms with E-state index in [4.69, 9.17) is 9.47 Å². The minimum absolute atomic E-state index is 0.0635.